The van der Waals surface area contributed by atoms with Crippen LogP contribution in [0.15, 0.2) is 32.8 Å². The van der Waals surface area contributed by atoms with Crippen molar-refractivity contribution in [1.29, 1.82) is 0 Å². The highest BCUT2D eigenvalue weighted by atomic mass is 35.5. The van der Waals surface area contributed by atoms with E-state index in [0.29, 0.717) is 26.6 Å². The number of halogens is 1. The van der Waals surface area contributed by atoms with Crippen LogP contribution in [-0.4, -0.2) is 10.8 Å². The van der Waals surface area contributed by atoms with E-state index in [0.717, 1.165) is 5.56 Å². The number of oxazole rings is 1. The molecule has 0 aliphatic heterocycles. The van der Waals surface area contributed by atoms with Crippen molar-refractivity contribution < 1.29 is 9.21 Å². The summed E-state index contributed by atoms with van der Waals surface area (Å²) in [6, 6.07) is 4.82. The minimum Gasteiger partial charge on any atom is -0.408 e. The summed E-state index contributed by atoms with van der Waals surface area (Å²) in [6.45, 7) is 1.85. The number of carbonyl (C=O) groups is 1. The van der Waals surface area contributed by atoms with Gasteiger partial charge in [-0.2, -0.15) is 0 Å². The zero-order chi connectivity index (χ0) is 13.6. The topological polar surface area (TPSA) is 63.1 Å². The van der Waals surface area contributed by atoms with Gasteiger partial charge in [-0.3, -0.25) is 9.78 Å². The summed E-state index contributed by atoms with van der Waals surface area (Å²) < 4.78 is 4.94. The lowest BCUT2D eigenvalue weighted by molar-refractivity contribution is 0.104. The predicted octanol–water partition coefficient (Wildman–Crippen LogP) is 3.38. The van der Waals surface area contributed by atoms with Crippen molar-refractivity contribution in [3.05, 3.63) is 55.2 Å². The molecule has 1 N–H and O–H groups in total. The van der Waals surface area contributed by atoms with E-state index in [4.69, 9.17) is 16.0 Å². The van der Waals surface area contributed by atoms with Gasteiger partial charge in [-0.05, 0) is 36.1 Å². The molecule has 0 saturated carbocycles. The first kappa shape index (κ1) is 12.2. The van der Waals surface area contributed by atoms with Crippen LogP contribution < -0.4 is 5.76 Å². The van der Waals surface area contributed by atoms with Crippen molar-refractivity contribution in [3.8, 4) is 0 Å². The number of thiophene rings is 1. The fourth-order valence-electron chi connectivity index (χ4n) is 1.80. The molecule has 0 bridgehead atoms. The van der Waals surface area contributed by atoms with Crippen molar-refractivity contribution in [3.63, 3.8) is 0 Å². The molecular formula is C13H8ClNO3S. The van der Waals surface area contributed by atoms with Gasteiger partial charge in [0.1, 0.15) is 0 Å². The second-order valence-corrected chi connectivity index (χ2v) is 5.37. The molecule has 96 valence electrons. The summed E-state index contributed by atoms with van der Waals surface area (Å²) in [5.74, 6) is -0.710. The van der Waals surface area contributed by atoms with E-state index in [2.05, 4.69) is 4.98 Å². The molecule has 2 aromatic heterocycles. The smallest absolute Gasteiger partial charge is 0.408 e. The molecule has 3 rings (SSSR count). The molecule has 0 atom stereocenters. The summed E-state index contributed by atoms with van der Waals surface area (Å²) in [5, 5.41) is 2.32. The Bertz CT molecular complexity index is 843. The highest BCUT2D eigenvalue weighted by Gasteiger charge is 2.17. The van der Waals surface area contributed by atoms with Crippen LogP contribution in [0.25, 0.3) is 11.1 Å². The SMILES string of the molecule is Cc1csc(C(=O)c2ccc3[nH]c(=O)oc3c2)c1Cl. The van der Waals surface area contributed by atoms with Gasteiger partial charge < -0.3 is 4.42 Å². The van der Waals surface area contributed by atoms with E-state index in [-0.39, 0.29) is 5.78 Å². The predicted molar refractivity (Wildman–Crippen MR) is 74.3 cm³/mol. The summed E-state index contributed by atoms with van der Waals surface area (Å²) in [5.41, 5.74) is 2.25. The second-order valence-electron chi connectivity index (χ2n) is 4.12. The molecule has 0 unspecified atom stereocenters. The molecule has 0 fully saturated rings. The molecule has 0 aliphatic rings. The number of rotatable bonds is 2. The Morgan fingerprint density at radius 3 is 2.89 bits per heavy atom. The molecule has 3 aromatic rings. The number of nitrogens with one attached hydrogen (secondary N) is 1. The molecule has 0 spiro atoms. The largest absolute Gasteiger partial charge is 0.417 e. The number of hydrogen-bond acceptors (Lipinski definition) is 4. The maximum absolute atomic E-state index is 12.3. The first-order valence-corrected chi connectivity index (χ1v) is 6.73. The Hall–Kier alpha value is -1.85. The maximum atomic E-state index is 12.3. The van der Waals surface area contributed by atoms with Crippen LogP contribution in [0.4, 0.5) is 0 Å². The van der Waals surface area contributed by atoms with Gasteiger partial charge in [0, 0.05) is 5.56 Å². The third-order valence-corrected chi connectivity index (χ3v) is 4.48. The molecule has 4 nitrogen and oxygen atoms in total. The second kappa shape index (κ2) is 4.36. The highest BCUT2D eigenvalue weighted by Crippen LogP contribution is 2.29. The van der Waals surface area contributed by atoms with Gasteiger partial charge in [-0.1, -0.05) is 11.6 Å². The average Bonchev–Trinajstić information content (AvgIpc) is 2.91. The summed E-state index contributed by atoms with van der Waals surface area (Å²) in [6.07, 6.45) is 0. The number of aromatic nitrogens is 1. The molecule has 6 heteroatoms. The van der Waals surface area contributed by atoms with Crippen molar-refractivity contribution in [2.24, 2.45) is 0 Å². The van der Waals surface area contributed by atoms with Crippen molar-refractivity contribution in [2.45, 2.75) is 6.92 Å². The lowest BCUT2D eigenvalue weighted by atomic mass is 10.1. The summed E-state index contributed by atoms with van der Waals surface area (Å²) in [7, 11) is 0. The third-order valence-electron chi connectivity index (χ3n) is 2.79. The molecule has 0 amide bonds. The Labute approximate surface area is 116 Å². The Kier molecular flexibility index (Phi) is 2.80. The maximum Gasteiger partial charge on any atom is 0.417 e. The van der Waals surface area contributed by atoms with E-state index < -0.39 is 5.76 Å². The fraction of sp³-hybridized carbons (Fsp3) is 0.0769. The third kappa shape index (κ3) is 2.01. The van der Waals surface area contributed by atoms with Gasteiger partial charge >= 0.3 is 5.76 Å². The van der Waals surface area contributed by atoms with E-state index in [1.165, 1.54) is 11.3 Å². The van der Waals surface area contributed by atoms with Crippen molar-refractivity contribution in [1.82, 2.24) is 4.98 Å². The molecule has 0 radical (unpaired) electrons. The standard InChI is InChI=1S/C13H8ClNO3S/c1-6-5-19-12(10(6)14)11(16)7-2-3-8-9(4-7)18-13(17)15-8/h2-5H,1H3,(H,15,17). The van der Waals surface area contributed by atoms with Gasteiger partial charge in [-0.25, -0.2) is 4.79 Å². The van der Waals surface area contributed by atoms with Gasteiger partial charge in [0.15, 0.2) is 5.58 Å². The van der Waals surface area contributed by atoms with Crippen LogP contribution in [0.5, 0.6) is 0 Å². The monoisotopic (exact) mass is 293 g/mol. The number of ketones is 1. The quantitative estimate of drug-likeness (QED) is 0.737. The lowest BCUT2D eigenvalue weighted by Crippen LogP contribution is -1.99. The van der Waals surface area contributed by atoms with Crippen LogP contribution in [0.2, 0.25) is 5.02 Å². The van der Waals surface area contributed by atoms with Crippen LogP contribution >= 0.6 is 22.9 Å². The molecule has 19 heavy (non-hydrogen) atoms. The highest BCUT2D eigenvalue weighted by molar-refractivity contribution is 7.13. The van der Waals surface area contributed by atoms with Gasteiger partial charge in [0.2, 0.25) is 5.78 Å². The Balaban J connectivity index is 2.11. The number of fused-ring (bicyclic) bond motifs is 1. The van der Waals surface area contributed by atoms with Crippen LogP contribution in [0, 0.1) is 6.92 Å². The van der Waals surface area contributed by atoms with E-state index in [1.807, 2.05) is 12.3 Å². The molecule has 1 aromatic carbocycles. The van der Waals surface area contributed by atoms with E-state index in [9.17, 15) is 9.59 Å². The first-order valence-electron chi connectivity index (χ1n) is 5.47. The number of benzene rings is 1. The molecule has 0 aliphatic carbocycles. The lowest BCUT2D eigenvalue weighted by Gasteiger charge is -1.99. The minimum absolute atomic E-state index is 0.172. The van der Waals surface area contributed by atoms with Crippen LogP contribution in [-0.2, 0) is 0 Å². The number of aromatic amines is 1. The van der Waals surface area contributed by atoms with E-state index >= 15 is 0 Å². The zero-order valence-corrected chi connectivity index (χ0v) is 11.4. The summed E-state index contributed by atoms with van der Waals surface area (Å²) >= 11 is 7.39. The molecule has 2 heterocycles. The zero-order valence-electron chi connectivity index (χ0n) is 9.82. The Morgan fingerprint density at radius 1 is 1.42 bits per heavy atom. The number of H-pyrrole nitrogens is 1. The number of hydrogen-bond donors (Lipinski definition) is 1. The fourth-order valence-corrected chi connectivity index (χ4v) is 3.04. The Morgan fingerprint density at radius 2 is 2.21 bits per heavy atom. The average molecular weight is 294 g/mol. The van der Waals surface area contributed by atoms with Gasteiger partial charge in [0.25, 0.3) is 0 Å². The number of aryl methyl sites for hydroxylation is 1. The number of carbonyl (C=O) groups excluding carboxylic acids is 1. The van der Waals surface area contributed by atoms with E-state index in [1.54, 1.807) is 18.2 Å². The van der Waals surface area contributed by atoms with Crippen LogP contribution in [0.3, 0.4) is 0 Å². The minimum atomic E-state index is -0.537. The molecule has 0 saturated heterocycles. The van der Waals surface area contributed by atoms with Gasteiger partial charge in [0.05, 0.1) is 15.4 Å². The van der Waals surface area contributed by atoms with Crippen LogP contribution in [0.1, 0.15) is 20.8 Å². The first-order chi connectivity index (χ1) is 9.06. The normalized spacial score (nSPS) is 11.1. The van der Waals surface area contributed by atoms with Gasteiger partial charge in [-0.15, -0.1) is 11.3 Å². The molecular weight excluding hydrogens is 286 g/mol. The van der Waals surface area contributed by atoms with Crippen molar-refractivity contribution in [2.75, 3.05) is 0 Å². The summed E-state index contributed by atoms with van der Waals surface area (Å²) in [4.78, 5) is 26.4. The van der Waals surface area contributed by atoms with Crippen molar-refractivity contribution >= 4 is 39.8 Å².